The molecule has 1 saturated heterocycles. The lowest BCUT2D eigenvalue weighted by Gasteiger charge is -2.52. The molecule has 5 heteroatoms. The molecule has 1 aromatic carbocycles. The molecule has 3 rings (SSSR count). The summed E-state index contributed by atoms with van der Waals surface area (Å²) in [5.41, 5.74) is 13.9. The zero-order valence-corrected chi connectivity index (χ0v) is 11.6. The Morgan fingerprint density at radius 2 is 2.25 bits per heavy atom. The van der Waals surface area contributed by atoms with Crippen LogP contribution in [0, 0.1) is 12.8 Å². The molecule has 20 heavy (non-hydrogen) atoms. The van der Waals surface area contributed by atoms with E-state index in [-0.39, 0.29) is 18.2 Å². The van der Waals surface area contributed by atoms with Gasteiger partial charge in [-0.2, -0.15) is 0 Å². The Labute approximate surface area is 118 Å². The fourth-order valence-corrected chi connectivity index (χ4v) is 3.35. The van der Waals surface area contributed by atoms with Gasteiger partial charge >= 0.3 is 0 Å². The average Bonchev–Trinajstić information content (AvgIpc) is 2.44. The van der Waals surface area contributed by atoms with E-state index in [9.17, 15) is 4.79 Å². The van der Waals surface area contributed by atoms with Crippen LogP contribution >= 0.6 is 0 Å². The molecule has 1 heterocycles. The van der Waals surface area contributed by atoms with E-state index in [1.54, 1.807) is 6.07 Å². The van der Waals surface area contributed by atoms with Crippen LogP contribution in [0.15, 0.2) is 18.2 Å². The minimum Gasteiger partial charge on any atom is -0.378 e. The van der Waals surface area contributed by atoms with Gasteiger partial charge in [-0.1, -0.05) is 0 Å². The van der Waals surface area contributed by atoms with Gasteiger partial charge in [0, 0.05) is 29.8 Å². The number of rotatable bonds is 3. The third-order valence-corrected chi connectivity index (χ3v) is 4.50. The minimum atomic E-state index is -0.398. The second-order valence-electron chi connectivity index (χ2n) is 5.78. The topological polar surface area (TPSA) is 90.4 Å². The molecule has 0 aromatic heterocycles. The number of carbonyl (C=O) groups excluding carboxylic acids is 1. The van der Waals surface area contributed by atoms with E-state index in [1.165, 1.54) is 0 Å². The predicted molar refractivity (Wildman–Crippen MR) is 77.5 cm³/mol. The molecule has 1 saturated carbocycles. The molecule has 5 N–H and O–H groups in total. The maximum atomic E-state index is 11.2. The molecule has 0 spiro atoms. The molecule has 2 fully saturated rings. The van der Waals surface area contributed by atoms with Gasteiger partial charge in [0.2, 0.25) is 5.91 Å². The fourth-order valence-electron chi connectivity index (χ4n) is 3.35. The van der Waals surface area contributed by atoms with E-state index in [4.69, 9.17) is 16.2 Å². The Bertz CT molecular complexity index is 532. The maximum Gasteiger partial charge on any atom is 0.248 e. The van der Waals surface area contributed by atoms with Crippen molar-refractivity contribution in [3.8, 4) is 0 Å². The van der Waals surface area contributed by atoms with Gasteiger partial charge in [-0.25, -0.2) is 0 Å². The van der Waals surface area contributed by atoms with Crippen molar-refractivity contribution in [2.75, 3.05) is 11.9 Å². The summed E-state index contributed by atoms with van der Waals surface area (Å²) in [6, 6.07) is 5.85. The Morgan fingerprint density at radius 1 is 1.45 bits per heavy atom. The van der Waals surface area contributed by atoms with Gasteiger partial charge in [0.15, 0.2) is 0 Å². The number of ether oxygens (including phenoxy) is 1. The first kappa shape index (κ1) is 13.4. The summed E-state index contributed by atoms with van der Waals surface area (Å²) < 4.78 is 5.81. The SMILES string of the molecule is Cc1cc(NC2C(N)C3CCCOC32)ccc1C(N)=O. The highest BCUT2D eigenvalue weighted by atomic mass is 16.5. The van der Waals surface area contributed by atoms with E-state index in [1.807, 2.05) is 19.1 Å². The zero-order chi connectivity index (χ0) is 14.3. The van der Waals surface area contributed by atoms with Crippen LogP contribution in [0.3, 0.4) is 0 Å². The number of benzene rings is 1. The van der Waals surface area contributed by atoms with Crippen LogP contribution in [0.4, 0.5) is 5.69 Å². The number of primary amides is 1. The molecule has 2 aliphatic rings. The standard InChI is InChI=1S/C15H21N3O2/c1-8-7-9(4-5-10(8)15(17)19)18-13-12(16)11-3-2-6-20-14(11)13/h4-5,7,11-14,18H,2-3,6,16H2,1H3,(H2,17,19). The summed E-state index contributed by atoms with van der Waals surface area (Å²) in [6.07, 6.45) is 2.48. The number of aryl methyl sites for hydroxylation is 1. The second-order valence-corrected chi connectivity index (χ2v) is 5.78. The van der Waals surface area contributed by atoms with Crippen molar-refractivity contribution >= 4 is 11.6 Å². The quantitative estimate of drug-likeness (QED) is 0.768. The van der Waals surface area contributed by atoms with Crippen LogP contribution < -0.4 is 16.8 Å². The number of hydrogen-bond acceptors (Lipinski definition) is 4. The van der Waals surface area contributed by atoms with Crippen LogP contribution in [-0.2, 0) is 4.74 Å². The van der Waals surface area contributed by atoms with Crippen LogP contribution in [-0.4, -0.2) is 30.7 Å². The van der Waals surface area contributed by atoms with Gasteiger partial charge in [0.1, 0.15) is 0 Å². The first-order chi connectivity index (χ1) is 9.58. The van der Waals surface area contributed by atoms with Crippen molar-refractivity contribution in [3.63, 3.8) is 0 Å². The average molecular weight is 275 g/mol. The third-order valence-electron chi connectivity index (χ3n) is 4.50. The number of nitrogens with two attached hydrogens (primary N) is 2. The van der Waals surface area contributed by atoms with Gasteiger partial charge in [0.25, 0.3) is 0 Å². The Hall–Kier alpha value is -1.59. The number of amides is 1. The van der Waals surface area contributed by atoms with Crippen LogP contribution in [0.5, 0.6) is 0 Å². The van der Waals surface area contributed by atoms with Crippen LogP contribution in [0.1, 0.15) is 28.8 Å². The van der Waals surface area contributed by atoms with E-state index in [2.05, 4.69) is 5.32 Å². The molecule has 5 nitrogen and oxygen atoms in total. The molecular formula is C15H21N3O2. The number of fused-ring (bicyclic) bond motifs is 1. The maximum absolute atomic E-state index is 11.2. The summed E-state index contributed by atoms with van der Waals surface area (Å²) in [6.45, 7) is 2.71. The van der Waals surface area contributed by atoms with Gasteiger partial charge < -0.3 is 21.5 Å². The highest BCUT2D eigenvalue weighted by Gasteiger charge is 2.50. The van der Waals surface area contributed by atoms with Crippen molar-refractivity contribution in [2.24, 2.45) is 17.4 Å². The van der Waals surface area contributed by atoms with Crippen molar-refractivity contribution in [3.05, 3.63) is 29.3 Å². The molecule has 4 atom stereocenters. The smallest absolute Gasteiger partial charge is 0.248 e. The summed E-state index contributed by atoms with van der Waals surface area (Å²) in [5.74, 6) is 0.0808. The summed E-state index contributed by atoms with van der Waals surface area (Å²) in [7, 11) is 0. The van der Waals surface area contributed by atoms with Gasteiger partial charge in [-0.15, -0.1) is 0 Å². The molecular weight excluding hydrogens is 254 g/mol. The molecule has 1 aliphatic heterocycles. The molecule has 108 valence electrons. The van der Waals surface area contributed by atoms with E-state index in [0.717, 1.165) is 30.7 Å². The first-order valence-corrected chi connectivity index (χ1v) is 7.12. The third kappa shape index (κ3) is 2.17. The van der Waals surface area contributed by atoms with Gasteiger partial charge in [0.05, 0.1) is 12.1 Å². The summed E-state index contributed by atoms with van der Waals surface area (Å²) >= 11 is 0. The van der Waals surface area contributed by atoms with Crippen molar-refractivity contribution in [1.82, 2.24) is 0 Å². The summed E-state index contributed by atoms with van der Waals surface area (Å²) in [5, 5.41) is 3.43. The zero-order valence-electron chi connectivity index (χ0n) is 11.6. The molecule has 1 aromatic rings. The number of anilines is 1. The largest absolute Gasteiger partial charge is 0.378 e. The van der Waals surface area contributed by atoms with Gasteiger partial charge in [-0.05, 0) is 43.5 Å². The van der Waals surface area contributed by atoms with E-state index >= 15 is 0 Å². The van der Waals surface area contributed by atoms with E-state index < -0.39 is 5.91 Å². The second kappa shape index (κ2) is 5.07. The molecule has 4 unspecified atom stereocenters. The minimum absolute atomic E-state index is 0.136. The Balaban J connectivity index is 1.72. The molecule has 1 amide bonds. The van der Waals surface area contributed by atoms with Crippen LogP contribution in [0.2, 0.25) is 0 Å². The Kier molecular flexibility index (Phi) is 3.40. The number of nitrogens with one attached hydrogen (secondary N) is 1. The highest BCUT2D eigenvalue weighted by molar-refractivity contribution is 5.94. The van der Waals surface area contributed by atoms with Crippen LogP contribution in [0.25, 0.3) is 0 Å². The fraction of sp³-hybridized carbons (Fsp3) is 0.533. The lowest BCUT2D eigenvalue weighted by molar-refractivity contribution is -0.104. The number of carbonyl (C=O) groups is 1. The summed E-state index contributed by atoms with van der Waals surface area (Å²) in [4.78, 5) is 11.2. The van der Waals surface area contributed by atoms with Crippen molar-refractivity contribution in [1.29, 1.82) is 0 Å². The molecule has 0 radical (unpaired) electrons. The van der Waals surface area contributed by atoms with E-state index in [0.29, 0.717) is 11.5 Å². The first-order valence-electron chi connectivity index (χ1n) is 7.12. The number of hydrogen-bond donors (Lipinski definition) is 3. The highest BCUT2D eigenvalue weighted by Crippen LogP contribution is 2.38. The lowest BCUT2D eigenvalue weighted by atomic mass is 9.68. The van der Waals surface area contributed by atoms with Gasteiger partial charge in [-0.3, -0.25) is 4.79 Å². The lowest BCUT2D eigenvalue weighted by Crippen LogP contribution is -2.69. The molecule has 1 aliphatic carbocycles. The predicted octanol–water partition coefficient (Wildman–Crippen LogP) is 1.01. The van der Waals surface area contributed by atoms with Crippen molar-refractivity contribution in [2.45, 2.75) is 38.0 Å². The normalized spacial score (nSPS) is 32.1. The van der Waals surface area contributed by atoms with Crippen molar-refractivity contribution < 1.29 is 9.53 Å². The molecule has 0 bridgehead atoms. The Morgan fingerprint density at radius 3 is 2.95 bits per heavy atom. The monoisotopic (exact) mass is 275 g/mol.